The number of amides is 1. The third-order valence-corrected chi connectivity index (χ3v) is 3.61. The molecule has 1 aromatic heterocycles. The Morgan fingerprint density at radius 2 is 2.39 bits per heavy atom. The number of ether oxygens (including phenoxy) is 1. The molecule has 0 aliphatic carbocycles. The van der Waals surface area contributed by atoms with E-state index >= 15 is 0 Å². The van der Waals surface area contributed by atoms with Gasteiger partial charge < -0.3 is 10.1 Å². The van der Waals surface area contributed by atoms with Crippen molar-refractivity contribution in [1.82, 2.24) is 10.3 Å². The van der Waals surface area contributed by atoms with Gasteiger partial charge in [0.25, 0.3) is 5.91 Å². The Hall–Kier alpha value is -1.45. The molecule has 0 saturated heterocycles. The van der Waals surface area contributed by atoms with Crippen LogP contribution in [-0.4, -0.2) is 30.1 Å². The lowest BCUT2D eigenvalue weighted by Gasteiger charge is -2.21. The Labute approximate surface area is 111 Å². The van der Waals surface area contributed by atoms with Crippen molar-refractivity contribution >= 4 is 17.2 Å². The fraction of sp³-hybridized carbons (Fsp3) is 0.583. The maximum Gasteiger partial charge on any atom is 0.264 e. The average molecular weight is 267 g/mol. The van der Waals surface area contributed by atoms with Crippen molar-refractivity contribution in [2.45, 2.75) is 32.2 Å². The van der Waals surface area contributed by atoms with Gasteiger partial charge in [-0.2, -0.15) is 5.26 Å². The van der Waals surface area contributed by atoms with E-state index in [2.05, 4.69) is 10.3 Å². The van der Waals surface area contributed by atoms with Crippen LogP contribution in [0.4, 0.5) is 0 Å². The molecule has 0 radical (unpaired) electrons. The van der Waals surface area contributed by atoms with Crippen LogP contribution in [0.1, 0.15) is 41.4 Å². The van der Waals surface area contributed by atoms with Crippen molar-refractivity contribution in [1.29, 1.82) is 5.26 Å². The number of carbonyl (C=O) groups is 1. The number of rotatable bonds is 5. The maximum atomic E-state index is 12.0. The highest BCUT2D eigenvalue weighted by atomic mass is 32.1. The number of nitrogens with zero attached hydrogens (tertiary/aromatic N) is 2. The summed E-state index contributed by atoms with van der Waals surface area (Å²) >= 11 is 1.34. The molecule has 0 aromatic carbocycles. The van der Waals surface area contributed by atoms with Crippen LogP contribution in [0.2, 0.25) is 0 Å². The molecule has 18 heavy (non-hydrogen) atoms. The van der Waals surface area contributed by atoms with Gasteiger partial charge in [0.1, 0.15) is 10.4 Å². The number of hydrogen-bond donors (Lipinski definition) is 1. The highest BCUT2D eigenvalue weighted by Crippen LogP contribution is 2.21. The van der Waals surface area contributed by atoms with Crippen molar-refractivity contribution in [3.63, 3.8) is 0 Å². The minimum atomic E-state index is -1.02. The summed E-state index contributed by atoms with van der Waals surface area (Å²) in [6.45, 7) is 5.81. The zero-order valence-corrected chi connectivity index (χ0v) is 11.8. The van der Waals surface area contributed by atoms with Crippen molar-refractivity contribution < 1.29 is 9.53 Å². The van der Waals surface area contributed by atoms with Crippen LogP contribution in [0, 0.1) is 11.3 Å². The third kappa shape index (κ3) is 3.52. The van der Waals surface area contributed by atoms with E-state index in [1.165, 1.54) is 18.4 Å². The Morgan fingerprint density at radius 3 is 2.83 bits per heavy atom. The average Bonchev–Trinajstić information content (AvgIpc) is 2.78. The third-order valence-electron chi connectivity index (χ3n) is 2.31. The molecule has 1 atom stereocenters. The van der Waals surface area contributed by atoms with Gasteiger partial charge in [-0.3, -0.25) is 4.79 Å². The Morgan fingerprint density at radius 1 is 1.72 bits per heavy atom. The molecule has 1 aromatic rings. The smallest absolute Gasteiger partial charge is 0.264 e. The summed E-state index contributed by atoms with van der Waals surface area (Å²) in [6.07, 6.45) is 1.54. The molecule has 0 bridgehead atoms. The summed E-state index contributed by atoms with van der Waals surface area (Å²) in [4.78, 5) is 16.7. The lowest BCUT2D eigenvalue weighted by atomic mass is 10.1. The zero-order chi connectivity index (χ0) is 13.8. The first-order chi connectivity index (χ1) is 8.41. The largest absolute Gasteiger partial charge is 0.381 e. The summed E-state index contributed by atoms with van der Waals surface area (Å²) in [5, 5.41) is 12.6. The fourth-order valence-corrected chi connectivity index (χ4v) is 2.17. The minimum Gasteiger partial charge on any atom is -0.381 e. The van der Waals surface area contributed by atoms with Gasteiger partial charge in [0.15, 0.2) is 0 Å². The van der Waals surface area contributed by atoms with Crippen LogP contribution >= 0.6 is 11.3 Å². The van der Waals surface area contributed by atoms with Crippen LogP contribution in [0.15, 0.2) is 6.20 Å². The van der Waals surface area contributed by atoms with Gasteiger partial charge in [0.2, 0.25) is 0 Å². The van der Waals surface area contributed by atoms with Crippen molar-refractivity contribution in [3.8, 4) is 6.07 Å². The van der Waals surface area contributed by atoms with E-state index in [0.717, 1.165) is 5.01 Å². The molecule has 0 aliphatic heterocycles. The van der Waals surface area contributed by atoms with E-state index < -0.39 is 5.54 Å². The molecule has 1 rings (SSSR count). The van der Waals surface area contributed by atoms with Gasteiger partial charge >= 0.3 is 0 Å². The minimum absolute atomic E-state index is 0.144. The lowest BCUT2D eigenvalue weighted by Crippen LogP contribution is -2.48. The monoisotopic (exact) mass is 267 g/mol. The lowest BCUT2D eigenvalue weighted by molar-refractivity contribution is 0.0864. The summed E-state index contributed by atoms with van der Waals surface area (Å²) < 4.78 is 4.93. The van der Waals surface area contributed by atoms with E-state index in [0.29, 0.717) is 4.88 Å². The molecule has 0 fully saturated rings. The molecular weight excluding hydrogens is 250 g/mol. The fourth-order valence-electron chi connectivity index (χ4n) is 1.36. The van der Waals surface area contributed by atoms with Crippen LogP contribution in [0.5, 0.6) is 0 Å². The Bertz CT molecular complexity index is 464. The first-order valence-electron chi connectivity index (χ1n) is 5.60. The highest BCUT2D eigenvalue weighted by Gasteiger charge is 2.27. The molecule has 1 amide bonds. The van der Waals surface area contributed by atoms with E-state index in [1.807, 2.05) is 19.9 Å². The second-order valence-electron chi connectivity index (χ2n) is 4.55. The molecule has 1 unspecified atom stereocenters. The topological polar surface area (TPSA) is 75.0 Å². The quantitative estimate of drug-likeness (QED) is 0.884. The van der Waals surface area contributed by atoms with Crippen molar-refractivity contribution in [2.24, 2.45) is 0 Å². The molecule has 1 N–H and O–H groups in total. The summed E-state index contributed by atoms with van der Waals surface area (Å²) in [6, 6.07) is 2.04. The van der Waals surface area contributed by atoms with Crippen molar-refractivity contribution in [2.75, 3.05) is 13.7 Å². The van der Waals surface area contributed by atoms with Crippen LogP contribution in [-0.2, 0) is 4.74 Å². The summed E-state index contributed by atoms with van der Waals surface area (Å²) in [5.41, 5.74) is -1.02. The zero-order valence-electron chi connectivity index (χ0n) is 11.0. The normalized spacial score (nSPS) is 14.0. The molecule has 0 aliphatic rings. The van der Waals surface area contributed by atoms with E-state index in [-0.39, 0.29) is 18.4 Å². The molecule has 0 spiro atoms. The molecule has 6 heteroatoms. The number of aromatic nitrogens is 1. The standard InChI is InChI=1S/C12H17N3O2S/c1-8(2)11-14-5-9(18-11)10(16)15-12(3,6-13)7-17-4/h5,8H,7H2,1-4H3,(H,15,16). The molecule has 0 saturated carbocycles. The predicted octanol–water partition coefficient (Wildman–Crippen LogP) is 1.92. The Kier molecular flexibility index (Phi) is 4.82. The number of nitrogens with one attached hydrogen (secondary N) is 1. The first kappa shape index (κ1) is 14.6. The molecular formula is C12H17N3O2S. The van der Waals surface area contributed by atoms with Crippen LogP contribution < -0.4 is 5.32 Å². The maximum absolute atomic E-state index is 12.0. The van der Waals surface area contributed by atoms with Gasteiger partial charge in [0, 0.05) is 13.0 Å². The van der Waals surface area contributed by atoms with Crippen LogP contribution in [0.3, 0.4) is 0 Å². The van der Waals surface area contributed by atoms with Crippen molar-refractivity contribution in [3.05, 3.63) is 16.1 Å². The SMILES string of the molecule is COCC(C)(C#N)NC(=O)c1cnc(C(C)C)s1. The summed E-state index contributed by atoms with van der Waals surface area (Å²) in [7, 11) is 1.49. The number of methoxy groups -OCH3 is 1. The number of nitriles is 1. The van der Waals surface area contributed by atoms with Gasteiger partial charge in [-0.1, -0.05) is 13.8 Å². The number of thiazole rings is 1. The van der Waals surface area contributed by atoms with E-state index in [1.54, 1.807) is 13.1 Å². The molecule has 5 nitrogen and oxygen atoms in total. The molecule has 98 valence electrons. The highest BCUT2D eigenvalue weighted by molar-refractivity contribution is 7.13. The molecule has 1 heterocycles. The second-order valence-corrected chi connectivity index (χ2v) is 5.61. The number of hydrogen-bond acceptors (Lipinski definition) is 5. The van der Waals surface area contributed by atoms with Gasteiger partial charge in [-0.15, -0.1) is 11.3 Å². The number of carbonyl (C=O) groups excluding carboxylic acids is 1. The first-order valence-corrected chi connectivity index (χ1v) is 6.42. The summed E-state index contributed by atoms with van der Waals surface area (Å²) in [5.74, 6) is -0.00150. The van der Waals surface area contributed by atoms with E-state index in [4.69, 9.17) is 10.00 Å². The van der Waals surface area contributed by atoms with Crippen LogP contribution in [0.25, 0.3) is 0 Å². The predicted molar refractivity (Wildman–Crippen MR) is 69.6 cm³/mol. The van der Waals surface area contributed by atoms with Gasteiger partial charge in [-0.25, -0.2) is 4.98 Å². The van der Waals surface area contributed by atoms with Gasteiger partial charge in [0.05, 0.1) is 23.9 Å². The Balaban J connectivity index is 2.78. The van der Waals surface area contributed by atoms with E-state index in [9.17, 15) is 4.79 Å². The van der Waals surface area contributed by atoms with Gasteiger partial charge in [-0.05, 0) is 6.92 Å². The second kappa shape index (κ2) is 5.94.